The van der Waals surface area contributed by atoms with Crippen molar-refractivity contribution in [3.8, 4) is 0 Å². The molecule has 6 heteroatoms. The van der Waals surface area contributed by atoms with Gasteiger partial charge in [0.2, 0.25) is 0 Å². The SMILES string of the molecule is Cc1cc(F)cc(C2=NOC(C(=O)O)(C(C)O)C2C)c1. The number of benzene rings is 1. The predicted molar refractivity (Wildman–Crippen MR) is 70.0 cm³/mol. The van der Waals surface area contributed by atoms with Crippen molar-refractivity contribution in [1.82, 2.24) is 0 Å². The molecular formula is C14H16FNO4. The van der Waals surface area contributed by atoms with Gasteiger partial charge in [-0.1, -0.05) is 12.1 Å². The quantitative estimate of drug-likeness (QED) is 0.884. The first-order valence-corrected chi connectivity index (χ1v) is 6.24. The van der Waals surface area contributed by atoms with Crippen LogP contribution in [0.3, 0.4) is 0 Å². The zero-order chi connectivity index (χ0) is 15.1. The van der Waals surface area contributed by atoms with Crippen molar-refractivity contribution >= 4 is 11.7 Å². The summed E-state index contributed by atoms with van der Waals surface area (Å²) < 4.78 is 13.5. The largest absolute Gasteiger partial charge is 0.478 e. The average Bonchev–Trinajstić information content (AvgIpc) is 2.66. The number of nitrogens with zero attached hydrogens (tertiary/aromatic N) is 1. The Morgan fingerprint density at radius 1 is 1.50 bits per heavy atom. The maximum Gasteiger partial charge on any atom is 0.354 e. The second-order valence-electron chi connectivity index (χ2n) is 5.08. The van der Waals surface area contributed by atoms with Crippen LogP contribution in [0.25, 0.3) is 0 Å². The second kappa shape index (κ2) is 4.86. The van der Waals surface area contributed by atoms with Crippen molar-refractivity contribution in [3.05, 3.63) is 35.1 Å². The molecule has 1 heterocycles. The molecule has 0 spiro atoms. The number of aryl methyl sites for hydroxylation is 1. The van der Waals surface area contributed by atoms with Gasteiger partial charge in [0.15, 0.2) is 0 Å². The van der Waals surface area contributed by atoms with Gasteiger partial charge >= 0.3 is 5.97 Å². The molecule has 0 aromatic heterocycles. The number of halogens is 1. The van der Waals surface area contributed by atoms with Gasteiger partial charge in [-0.3, -0.25) is 0 Å². The Kier molecular flexibility index (Phi) is 3.52. The second-order valence-corrected chi connectivity index (χ2v) is 5.08. The van der Waals surface area contributed by atoms with E-state index in [4.69, 9.17) is 4.84 Å². The zero-order valence-corrected chi connectivity index (χ0v) is 11.4. The number of aliphatic carboxylic acids is 1. The Morgan fingerprint density at radius 3 is 2.60 bits per heavy atom. The van der Waals surface area contributed by atoms with Crippen molar-refractivity contribution in [3.63, 3.8) is 0 Å². The van der Waals surface area contributed by atoms with Crippen molar-refractivity contribution in [1.29, 1.82) is 0 Å². The number of carboxylic acids is 1. The van der Waals surface area contributed by atoms with Crippen LogP contribution in [-0.4, -0.2) is 33.6 Å². The van der Waals surface area contributed by atoms with Crippen molar-refractivity contribution in [2.45, 2.75) is 32.5 Å². The molecule has 5 nitrogen and oxygen atoms in total. The van der Waals surface area contributed by atoms with E-state index in [-0.39, 0.29) is 0 Å². The highest BCUT2D eigenvalue weighted by molar-refractivity contribution is 6.06. The Labute approximate surface area is 115 Å². The number of carboxylic acid groups (broad SMARTS) is 1. The third-order valence-electron chi connectivity index (χ3n) is 3.64. The third-order valence-corrected chi connectivity index (χ3v) is 3.64. The van der Waals surface area contributed by atoms with Gasteiger partial charge in [-0.2, -0.15) is 0 Å². The normalized spacial score (nSPS) is 26.9. The van der Waals surface area contributed by atoms with E-state index in [1.54, 1.807) is 19.9 Å². The molecule has 2 N–H and O–H groups in total. The fraction of sp³-hybridized carbons (Fsp3) is 0.429. The van der Waals surface area contributed by atoms with Gasteiger partial charge in [-0.15, -0.1) is 0 Å². The molecule has 3 atom stereocenters. The summed E-state index contributed by atoms with van der Waals surface area (Å²) in [6.07, 6.45) is -1.26. The molecule has 0 aliphatic carbocycles. The summed E-state index contributed by atoms with van der Waals surface area (Å²) >= 11 is 0. The molecule has 0 saturated heterocycles. The number of hydrogen-bond acceptors (Lipinski definition) is 4. The molecule has 3 unspecified atom stereocenters. The maximum absolute atomic E-state index is 13.5. The van der Waals surface area contributed by atoms with Crippen molar-refractivity contribution in [2.24, 2.45) is 11.1 Å². The van der Waals surface area contributed by atoms with Crippen molar-refractivity contribution < 1.29 is 24.2 Å². The lowest BCUT2D eigenvalue weighted by molar-refractivity contribution is -0.182. The van der Waals surface area contributed by atoms with Crippen LogP contribution in [0.4, 0.5) is 4.39 Å². The first-order chi connectivity index (χ1) is 9.29. The number of carbonyl (C=O) groups is 1. The molecule has 1 aliphatic heterocycles. The van der Waals surface area contributed by atoms with E-state index in [0.29, 0.717) is 16.8 Å². The summed E-state index contributed by atoms with van der Waals surface area (Å²) in [4.78, 5) is 16.5. The van der Waals surface area contributed by atoms with E-state index in [1.165, 1.54) is 19.1 Å². The zero-order valence-electron chi connectivity index (χ0n) is 11.4. The minimum Gasteiger partial charge on any atom is -0.478 e. The van der Waals surface area contributed by atoms with E-state index in [9.17, 15) is 19.4 Å². The molecule has 1 aromatic rings. The van der Waals surface area contributed by atoms with Gasteiger partial charge in [0, 0.05) is 5.56 Å². The van der Waals surface area contributed by atoms with Gasteiger partial charge in [0.1, 0.15) is 11.9 Å². The van der Waals surface area contributed by atoms with Crippen LogP contribution in [0.1, 0.15) is 25.0 Å². The minimum atomic E-state index is -1.84. The lowest BCUT2D eigenvalue weighted by Crippen LogP contribution is -2.53. The fourth-order valence-corrected chi connectivity index (χ4v) is 2.51. The monoisotopic (exact) mass is 281 g/mol. The van der Waals surface area contributed by atoms with Crippen LogP contribution in [0.15, 0.2) is 23.4 Å². The highest BCUT2D eigenvalue weighted by Gasteiger charge is 2.57. The van der Waals surface area contributed by atoms with Gasteiger partial charge < -0.3 is 15.1 Å². The molecule has 108 valence electrons. The molecule has 1 aromatic carbocycles. The van der Waals surface area contributed by atoms with Crippen LogP contribution in [0.2, 0.25) is 0 Å². The first kappa shape index (κ1) is 14.5. The van der Waals surface area contributed by atoms with Crippen LogP contribution < -0.4 is 0 Å². The highest BCUT2D eigenvalue weighted by Crippen LogP contribution is 2.36. The fourth-order valence-electron chi connectivity index (χ4n) is 2.51. The van der Waals surface area contributed by atoms with Gasteiger partial charge in [0.05, 0.1) is 11.6 Å². The molecule has 0 saturated carbocycles. The number of oxime groups is 1. The molecule has 0 radical (unpaired) electrons. The minimum absolute atomic E-state index is 0.316. The molecular weight excluding hydrogens is 265 g/mol. The van der Waals surface area contributed by atoms with Crippen molar-refractivity contribution in [2.75, 3.05) is 0 Å². The number of hydrogen-bond donors (Lipinski definition) is 2. The Morgan fingerprint density at radius 2 is 2.15 bits per heavy atom. The summed E-state index contributed by atoms with van der Waals surface area (Å²) in [5.74, 6) is -2.44. The summed E-state index contributed by atoms with van der Waals surface area (Å²) in [6, 6.07) is 4.33. The highest BCUT2D eigenvalue weighted by atomic mass is 19.1. The topological polar surface area (TPSA) is 79.1 Å². The van der Waals surface area contributed by atoms with Crippen LogP contribution in [0.5, 0.6) is 0 Å². The summed E-state index contributed by atoms with van der Waals surface area (Å²) in [7, 11) is 0. The molecule has 0 amide bonds. The first-order valence-electron chi connectivity index (χ1n) is 6.24. The Balaban J connectivity index is 2.44. The predicted octanol–water partition coefficient (Wildman–Crippen LogP) is 1.71. The summed E-state index contributed by atoms with van der Waals surface area (Å²) in [6.45, 7) is 4.65. The Bertz CT molecular complexity index is 564. The van der Waals surface area contributed by atoms with Crippen LogP contribution in [0, 0.1) is 18.7 Å². The van der Waals surface area contributed by atoms with E-state index in [0.717, 1.165) is 0 Å². The number of aliphatic hydroxyl groups excluding tert-OH is 1. The molecule has 0 fully saturated rings. The smallest absolute Gasteiger partial charge is 0.354 e. The Hall–Kier alpha value is -1.95. The van der Waals surface area contributed by atoms with E-state index >= 15 is 0 Å². The van der Waals surface area contributed by atoms with Gasteiger partial charge in [0.25, 0.3) is 5.60 Å². The summed E-state index contributed by atoms with van der Waals surface area (Å²) in [5.41, 5.74) is -0.371. The molecule has 2 rings (SSSR count). The van der Waals surface area contributed by atoms with E-state index < -0.39 is 29.4 Å². The average molecular weight is 281 g/mol. The third kappa shape index (κ3) is 2.06. The van der Waals surface area contributed by atoms with Crippen LogP contribution in [-0.2, 0) is 9.63 Å². The van der Waals surface area contributed by atoms with Gasteiger partial charge in [-0.05, 0) is 37.6 Å². The number of aliphatic hydroxyl groups is 1. The maximum atomic E-state index is 13.5. The van der Waals surface area contributed by atoms with E-state index in [1.807, 2.05) is 0 Å². The number of rotatable bonds is 3. The molecule has 20 heavy (non-hydrogen) atoms. The van der Waals surface area contributed by atoms with Crippen LogP contribution >= 0.6 is 0 Å². The summed E-state index contributed by atoms with van der Waals surface area (Å²) in [5, 5.41) is 22.9. The molecule has 0 bridgehead atoms. The van der Waals surface area contributed by atoms with E-state index in [2.05, 4.69) is 5.16 Å². The standard InChI is InChI=1S/C14H16FNO4/c1-7-4-10(6-11(15)5-7)12-8(2)14(9(3)17,13(18)19)20-16-12/h4-6,8-9,17H,1-3H3,(H,18,19). The lowest BCUT2D eigenvalue weighted by atomic mass is 9.80. The lowest BCUT2D eigenvalue weighted by Gasteiger charge is -2.29. The molecule has 1 aliphatic rings. The van der Waals surface area contributed by atoms with Gasteiger partial charge in [-0.25, -0.2) is 9.18 Å².